The highest BCUT2D eigenvalue weighted by molar-refractivity contribution is 7.99. The highest BCUT2D eigenvalue weighted by atomic mass is 32.2. The van der Waals surface area contributed by atoms with E-state index in [0.29, 0.717) is 23.4 Å². The quantitative estimate of drug-likeness (QED) is 0.809. The Hall–Kier alpha value is -1.04. The lowest BCUT2D eigenvalue weighted by atomic mass is 10.0. The summed E-state index contributed by atoms with van der Waals surface area (Å²) in [6, 6.07) is 0. The van der Waals surface area contributed by atoms with Gasteiger partial charge in [0.1, 0.15) is 0 Å². The van der Waals surface area contributed by atoms with Crippen molar-refractivity contribution in [2.45, 2.75) is 44.6 Å². The topological polar surface area (TPSA) is 76.2 Å². The minimum absolute atomic E-state index is 0.0125. The van der Waals surface area contributed by atoms with Gasteiger partial charge in [-0.1, -0.05) is 25.9 Å². The van der Waals surface area contributed by atoms with Gasteiger partial charge in [0.2, 0.25) is 5.89 Å². The van der Waals surface area contributed by atoms with Crippen LogP contribution in [0.5, 0.6) is 0 Å². The van der Waals surface area contributed by atoms with E-state index < -0.39 is 5.97 Å². The van der Waals surface area contributed by atoms with E-state index in [1.807, 2.05) is 6.92 Å². The summed E-state index contributed by atoms with van der Waals surface area (Å²) in [6.07, 6.45) is 0.643. The molecule has 1 atom stereocenters. The van der Waals surface area contributed by atoms with Crippen LogP contribution in [0.3, 0.4) is 0 Å². The van der Waals surface area contributed by atoms with Crippen LogP contribution < -0.4 is 0 Å². The van der Waals surface area contributed by atoms with Gasteiger partial charge in [-0.2, -0.15) is 16.7 Å². The van der Waals surface area contributed by atoms with E-state index in [1.54, 1.807) is 11.8 Å². The largest absolute Gasteiger partial charge is 0.481 e. The molecule has 17 heavy (non-hydrogen) atoms. The number of aromatic nitrogens is 2. The molecular formula is C11H18N2O3S. The highest BCUT2D eigenvalue weighted by Gasteiger charge is 2.13. The summed E-state index contributed by atoms with van der Waals surface area (Å²) in [5, 5.41) is 13.0. The summed E-state index contributed by atoms with van der Waals surface area (Å²) >= 11 is 1.75. The van der Waals surface area contributed by atoms with Gasteiger partial charge < -0.3 is 9.63 Å². The Balaban J connectivity index is 2.42. The first kappa shape index (κ1) is 14.0. The van der Waals surface area contributed by atoms with Gasteiger partial charge in [-0.25, -0.2) is 0 Å². The normalized spacial score (nSPS) is 12.9. The average Bonchev–Trinajstić information content (AvgIpc) is 2.61. The fourth-order valence-electron chi connectivity index (χ4n) is 1.34. The number of rotatable bonds is 7. The third-order valence-electron chi connectivity index (χ3n) is 2.10. The van der Waals surface area contributed by atoms with E-state index >= 15 is 0 Å². The van der Waals surface area contributed by atoms with Crippen LogP contribution in [0.2, 0.25) is 0 Å². The summed E-state index contributed by atoms with van der Waals surface area (Å²) < 4.78 is 5.08. The van der Waals surface area contributed by atoms with Crippen LogP contribution in [0.4, 0.5) is 0 Å². The predicted molar refractivity (Wildman–Crippen MR) is 65.8 cm³/mol. The van der Waals surface area contributed by atoms with Gasteiger partial charge in [0.05, 0.1) is 5.75 Å². The minimum Gasteiger partial charge on any atom is -0.481 e. The lowest BCUT2D eigenvalue weighted by Crippen LogP contribution is -2.07. The number of hydrogen-bond donors (Lipinski definition) is 1. The van der Waals surface area contributed by atoms with E-state index in [1.165, 1.54) is 0 Å². The average molecular weight is 258 g/mol. The van der Waals surface area contributed by atoms with E-state index in [9.17, 15) is 4.79 Å². The molecule has 1 N–H and O–H groups in total. The first-order chi connectivity index (χ1) is 7.97. The molecule has 0 aliphatic rings. The molecule has 1 heterocycles. The van der Waals surface area contributed by atoms with Gasteiger partial charge in [-0.3, -0.25) is 4.79 Å². The Labute approximate surface area is 105 Å². The van der Waals surface area contributed by atoms with E-state index in [0.717, 1.165) is 5.75 Å². The number of carbonyl (C=O) groups is 1. The van der Waals surface area contributed by atoms with Gasteiger partial charge in [-0.15, -0.1) is 0 Å². The summed E-state index contributed by atoms with van der Waals surface area (Å²) in [7, 11) is 0. The second-order valence-electron chi connectivity index (χ2n) is 4.37. The Bertz CT molecular complexity index is 365. The maximum Gasteiger partial charge on any atom is 0.303 e. The maximum absolute atomic E-state index is 10.5. The second kappa shape index (κ2) is 6.64. The number of aliphatic carboxylic acids is 1. The molecule has 0 aromatic carbocycles. The molecule has 0 bridgehead atoms. The minimum atomic E-state index is -0.799. The van der Waals surface area contributed by atoms with Crippen molar-refractivity contribution in [1.29, 1.82) is 0 Å². The third-order valence-corrected chi connectivity index (χ3v) is 3.19. The SMILES string of the molecule is CC(CC(=O)O)Cc1nc(CSC(C)C)no1. The first-order valence-corrected chi connectivity index (χ1v) is 6.67. The molecule has 5 nitrogen and oxygen atoms in total. The van der Waals surface area contributed by atoms with Gasteiger partial charge in [0.25, 0.3) is 0 Å². The van der Waals surface area contributed by atoms with Crippen molar-refractivity contribution in [3.8, 4) is 0 Å². The smallest absolute Gasteiger partial charge is 0.303 e. The van der Waals surface area contributed by atoms with Crippen molar-refractivity contribution >= 4 is 17.7 Å². The molecule has 1 aromatic rings. The molecular weight excluding hydrogens is 240 g/mol. The third kappa shape index (κ3) is 5.72. The van der Waals surface area contributed by atoms with Crippen LogP contribution in [-0.2, 0) is 17.0 Å². The van der Waals surface area contributed by atoms with Crippen molar-refractivity contribution < 1.29 is 14.4 Å². The monoisotopic (exact) mass is 258 g/mol. The summed E-state index contributed by atoms with van der Waals surface area (Å²) in [5.74, 6) is 1.15. The molecule has 0 radical (unpaired) electrons. The van der Waals surface area contributed by atoms with Gasteiger partial charge in [0.15, 0.2) is 5.82 Å². The van der Waals surface area contributed by atoms with Crippen LogP contribution in [0.15, 0.2) is 4.52 Å². The molecule has 1 aromatic heterocycles. The fourth-order valence-corrected chi connectivity index (χ4v) is 1.94. The zero-order valence-corrected chi connectivity index (χ0v) is 11.2. The van der Waals surface area contributed by atoms with Gasteiger partial charge in [0, 0.05) is 12.8 Å². The predicted octanol–water partition coefficient (Wildman–Crippen LogP) is 2.36. The molecule has 0 fully saturated rings. The van der Waals surface area contributed by atoms with Crippen molar-refractivity contribution in [2.75, 3.05) is 0 Å². The Kier molecular flexibility index (Phi) is 5.47. The van der Waals surface area contributed by atoms with Gasteiger partial charge in [-0.05, 0) is 11.2 Å². The van der Waals surface area contributed by atoms with Crippen molar-refractivity contribution in [3.05, 3.63) is 11.7 Å². The standard InChI is InChI=1S/C11H18N2O3S/c1-7(2)17-6-9-12-10(16-13-9)4-8(3)5-11(14)15/h7-8H,4-6H2,1-3H3,(H,14,15). The highest BCUT2D eigenvalue weighted by Crippen LogP contribution is 2.16. The van der Waals surface area contributed by atoms with Crippen LogP contribution in [0, 0.1) is 5.92 Å². The molecule has 0 aliphatic heterocycles. The van der Waals surface area contributed by atoms with Crippen LogP contribution in [0.1, 0.15) is 38.9 Å². The van der Waals surface area contributed by atoms with Gasteiger partial charge >= 0.3 is 5.97 Å². The lowest BCUT2D eigenvalue weighted by molar-refractivity contribution is -0.137. The second-order valence-corrected chi connectivity index (χ2v) is 5.94. The molecule has 96 valence electrons. The summed E-state index contributed by atoms with van der Waals surface area (Å²) in [5.41, 5.74) is 0. The van der Waals surface area contributed by atoms with E-state index in [4.69, 9.17) is 9.63 Å². The van der Waals surface area contributed by atoms with Crippen LogP contribution in [0.25, 0.3) is 0 Å². The number of thioether (sulfide) groups is 1. The Morgan fingerprint density at radius 1 is 1.47 bits per heavy atom. The Morgan fingerprint density at radius 3 is 2.76 bits per heavy atom. The zero-order chi connectivity index (χ0) is 12.8. The fraction of sp³-hybridized carbons (Fsp3) is 0.727. The lowest BCUT2D eigenvalue weighted by Gasteiger charge is -2.03. The molecule has 0 saturated carbocycles. The number of carboxylic acid groups (broad SMARTS) is 1. The van der Waals surface area contributed by atoms with Crippen molar-refractivity contribution in [2.24, 2.45) is 5.92 Å². The summed E-state index contributed by atoms with van der Waals surface area (Å²) in [4.78, 5) is 14.8. The van der Waals surface area contributed by atoms with E-state index in [2.05, 4.69) is 24.0 Å². The molecule has 0 amide bonds. The molecule has 1 unspecified atom stereocenters. The number of hydrogen-bond acceptors (Lipinski definition) is 5. The molecule has 0 spiro atoms. The number of nitrogens with zero attached hydrogens (tertiary/aromatic N) is 2. The van der Waals surface area contributed by atoms with Crippen molar-refractivity contribution in [1.82, 2.24) is 10.1 Å². The maximum atomic E-state index is 10.5. The molecule has 0 saturated heterocycles. The molecule has 1 rings (SSSR count). The van der Waals surface area contributed by atoms with E-state index in [-0.39, 0.29) is 12.3 Å². The zero-order valence-electron chi connectivity index (χ0n) is 10.3. The molecule has 0 aliphatic carbocycles. The first-order valence-electron chi connectivity index (χ1n) is 5.62. The van der Waals surface area contributed by atoms with Crippen molar-refractivity contribution in [3.63, 3.8) is 0 Å². The van der Waals surface area contributed by atoms with Crippen LogP contribution in [-0.4, -0.2) is 26.5 Å². The van der Waals surface area contributed by atoms with Crippen LogP contribution >= 0.6 is 11.8 Å². The Morgan fingerprint density at radius 2 is 2.18 bits per heavy atom. The number of carboxylic acids is 1. The molecule has 6 heteroatoms. The summed E-state index contributed by atoms with van der Waals surface area (Å²) in [6.45, 7) is 6.09.